The van der Waals surface area contributed by atoms with Gasteiger partial charge in [-0.15, -0.1) is 11.6 Å². The van der Waals surface area contributed by atoms with Gasteiger partial charge < -0.3 is 10.6 Å². The van der Waals surface area contributed by atoms with Crippen molar-refractivity contribution < 1.29 is 14.0 Å². The number of nitrogens with one attached hydrogen (secondary N) is 2. The summed E-state index contributed by atoms with van der Waals surface area (Å²) in [5.74, 6) is 0.0555. The topological polar surface area (TPSA) is 58.2 Å². The zero-order valence-electron chi connectivity index (χ0n) is 14.0. The molecule has 0 radical (unpaired) electrons. The molecule has 2 unspecified atom stereocenters. The van der Waals surface area contributed by atoms with Crippen LogP contribution in [-0.4, -0.2) is 23.2 Å². The molecule has 2 N–H and O–H groups in total. The molecule has 0 heterocycles. The quantitative estimate of drug-likeness (QED) is 0.804. The van der Waals surface area contributed by atoms with Gasteiger partial charge in [0.05, 0.1) is 17.6 Å². The molecule has 25 heavy (non-hydrogen) atoms. The van der Waals surface area contributed by atoms with E-state index in [9.17, 15) is 14.0 Å². The number of carbonyl (C=O) groups is 2. The summed E-state index contributed by atoms with van der Waals surface area (Å²) in [6, 6.07) is 5.98. The highest BCUT2D eigenvalue weighted by Crippen LogP contribution is 2.63. The highest BCUT2D eigenvalue weighted by atomic mass is 35.5. The summed E-state index contributed by atoms with van der Waals surface area (Å²) in [5.41, 5.74) is -0.305. The number of benzene rings is 1. The Hall–Kier alpha value is -1.62. The summed E-state index contributed by atoms with van der Waals surface area (Å²) in [4.78, 5) is 24.6. The highest BCUT2D eigenvalue weighted by Gasteiger charge is 2.60. The second-order valence-electron chi connectivity index (χ2n) is 8.10. The minimum atomic E-state index is -0.493. The molecule has 4 fully saturated rings. The van der Waals surface area contributed by atoms with E-state index >= 15 is 0 Å². The Balaban J connectivity index is 1.38. The Morgan fingerprint density at radius 1 is 1.16 bits per heavy atom. The van der Waals surface area contributed by atoms with E-state index in [-0.39, 0.29) is 23.0 Å². The molecule has 1 aromatic rings. The van der Waals surface area contributed by atoms with Crippen LogP contribution < -0.4 is 10.6 Å². The lowest BCUT2D eigenvalue weighted by Gasteiger charge is -2.59. The van der Waals surface area contributed by atoms with Gasteiger partial charge in [-0.05, 0) is 62.5 Å². The van der Waals surface area contributed by atoms with E-state index in [0.717, 1.165) is 25.7 Å². The fraction of sp³-hybridized carbons (Fsp3) is 0.579. The number of amides is 2. The Labute approximate surface area is 151 Å². The molecule has 0 aromatic heterocycles. The van der Waals surface area contributed by atoms with Gasteiger partial charge in [0.15, 0.2) is 0 Å². The van der Waals surface area contributed by atoms with E-state index in [1.165, 1.54) is 18.6 Å². The smallest absolute Gasteiger partial charge is 0.243 e. The van der Waals surface area contributed by atoms with Gasteiger partial charge in [0, 0.05) is 4.87 Å². The molecular weight excluding hydrogens is 343 g/mol. The first-order chi connectivity index (χ1) is 11.9. The Kier molecular flexibility index (Phi) is 4.02. The molecule has 4 aliphatic rings. The molecule has 4 aliphatic carbocycles. The third-order valence-electron chi connectivity index (χ3n) is 6.03. The number of hydrogen-bond donors (Lipinski definition) is 2. The molecule has 0 spiro atoms. The van der Waals surface area contributed by atoms with Crippen LogP contribution in [-0.2, 0) is 9.59 Å². The molecule has 4 nitrogen and oxygen atoms in total. The monoisotopic (exact) mass is 364 g/mol. The largest absolute Gasteiger partial charge is 0.347 e. The van der Waals surface area contributed by atoms with Gasteiger partial charge in [0.2, 0.25) is 11.8 Å². The number of rotatable bonds is 4. The van der Waals surface area contributed by atoms with Gasteiger partial charge in [-0.1, -0.05) is 12.1 Å². The molecule has 0 saturated heterocycles. The van der Waals surface area contributed by atoms with Gasteiger partial charge in [-0.25, -0.2) is 4.39 Å². The second-order valence-corrected chi connectivity index (χ2v) is 8.90. The number of hydrogen-bond acceptors (Lipinski definition) is 2. The Bertz CT molecular complexity index is 709. The van der Waals surface area contributed by atoms with Crippen molar-refractivity contribution in [2.75, 3.05) is 11.9 Å². The molecule has 2 amide bonds. The maximum Gasteiger partial charge on any atom is 0.243 e. The van der Waals surface area contributed by atoms with Crippen molar-refractivity contribution in [1.82, 2.24) is 5.32 Å². The second kappa shape index (κ2) is 5.97. The molecule has 1 aromatic carbocycles. The van der Waals surface area contributed by atoms with Crippen LogP contribution in [0.1, 0.15) is 38.5 Å². The van der Waals surface area contributed by atoms with E-state index in [1.807, 2.05) is 0 Å². The molecule has 134 valence electrons. The number of alkyl halides is 1. The van der Waals surface area contributed by atoms with E-state index in [0.29, 0.717) is 18.3 Å². The molecule has 4 bridgehead atoms. The summed E-state index contributed by atoms with van der Waals surface area (Å²) in [7, 11) is 0. The average molecular weight is 365 g/mol. The molecular formula is C19H22ClFN2O2. The molecule has 6 heteroatoms. The molecule has 5 rings (SSSR count). The summed E-state index contributed by atoms with van der Waals surface area (Å²) >= 11 is 6.75. The molecule has 0 aliphatic heterocycles. The van der Waals surface area contributed by atoms with Crippen LogP contribution in [0.2, 0.25) is 0 Å². The fourth-order valence-corrected chi connectivity index (χ4v) is 6.21. The third-order valence-corrected chi connectivity index (χ3v) is 6.47. The zero-order valence-corrected chi connectivity index (χ0v) is 14.7. The summed E-state index contributed by atoms with van der Waals surface area (Å²) in [6.07, 6.45) is 5.64. The van der Waals surface area contributed by atoms with Crippen molar-refractivity contribution in [3.8, 4) is 0 Å². The van der Waals surface area contributed by atoms with Crippen LogP contribution in [0.4, 0.5) is 10.1 Å². The molecule has 4 atom stereocenters. The van der Waals surface area contributed by atoms with E-state index in [1.54, 1.807) is 12.1 Å². The van der Waals surface area contributed by atoms with Crippen LogP contribution >= 0.6 is 11.6 Å². The summed E-state index contributed by atoms with van der Waals surface area (Å²) < 4.78 is 13.6. The standard InChI is InChI=1S/C19H22ClFN2O2/c20-19-8-12-5-13(9-19)7-18(6-12,11-19)17(25)22-10-16(24)23-15-4-2-1-3-14(15)21/h1-4,12-13H,5-11H2,(H,22,25)(H,23,24)/t12-,13+,18?,19?. The maximum atomic E-state index is 13.6. The van der Waals surface area contributed by atoms with Crippen molar-refractivity contribution in [3.05, 3.63) is 30.1 Å². The minimum Gasteiger partial charge on any atom is -0.347 e. The Morgan fingerprint density at radius 2 is 1.84 bits per heavy atom. The van der Waals surface area contributed by atoms with E-state index < -0.39 is 17.1 Å². The number of para-hydroxylation sites is 1. The highest BCUT2D eigenvalue weighted by molar-refractivity contribution is 6.24. The number of halogens is 2. The minimum absolute atomic E-state index is 0.0738. The number of carbonyl (C=O) groups excluding carboxylic acids is 2. The summed E-state index contributed by atoms with van der Waals surface area (Å²) in [6.45, 7) is -0.153. The first-order valence-electron chi connectivity index (χ1n) is 8.89. The van der Waals surface area contributed by atoms with Gasteiger partial charge in [0.25, 0.3) is 0 Å². The first-order valence-corrected chi connectivity index (χ1v) is 9.27. The van der Waals surface area contributed by atoms with Crippen LogP contribution in [0.15, 0.2) is 24.3 Å². The van der Waals surface area contributed by atoms with Gasteiger partial charge >= 0.3 is 0 Å². The van der Waals surface area contributed by atoms with Gasteiger partial charge in [0.1, 0.15) is 5.82 Å². The van der Waals surface area contributed by atoms with Crippen molar-refractivity contribution in [2.24, 2.45) is 17.3 Å². The predicted molar refractivity (Wildman–Crippen MR) is 93.7 cm³/mol. The fourth-order valence-electron chi connectivity index (χ4n) is 5.52. The van der Waals surface area contributed by atoms with Crippen molar-refractivity contribution in [2.45, 2.75) is 43.4 Å². The lowest BCUT2D eigenvalue weighted by molar-refractivity contribution is -0.145. The van der Waals surface area contributed by atoms with Crippen LogP contribution in [0, 0.1) is 23.1 Å². The van der Waals surface area contributed by atoms with Crippen molar-refractivity contribution in [1.29, 1.82) is 0 Å². The predicted octanol–water partition coefficient (Wildman–Crippen LogP) is 3.46. The Morgan fingerprint density at radius 3 is 2.48 bits per heavy atom. The molecule has 4 saturated carbocycles. The summed E-state index contributed by atoms with van der Waals surface area (Å²) in [5, 5.41) is 5.26. The third kappa shape index (κ3) is 3.14. The van der Waals surface area contributed by atoms with Gasteiger partial charge in [-0.3, -0.25) is 9.59 Å². The van der Waals surface area contributed by atoms with Gasteiger partial charge in [-0.2, -0.15) is 0 Å². The van der Waals surface area contributed by atoms with Crippen molar-refractivity contribution >= 4 is 29.1 Å². The zero-order chi connectivity index (χ0) is 17.7. The SMILES string of the molecule is O=C(CNC(=O)C12C[C@@H]3C[C@@H](CC(Cl)(C3)C1)C2)Nc1ccccc1F. The van der Waals surface area contributed by atoms with Crippen LogP contribution in [0.5, 0.6) is 0 Å². The maximum absolute atomic E-state index is 13.6. The van der Waals surface area contributed by atoms with E-state index in [2.05, 4.69) is 10.6 Å². The lowest BCUT2D eigenvalue weighted by Crippen LogP contribution is -2.58. The normalized spacial score (nSPS) is 35.4. The average Bonchev–Trinajstić information content (AvgIpc) is 2.52. The number of anilines is 1. The van der Waals surface area contributed by atoms with Crippen LogP contribution in [0.3, 0.4) is 0 Å². The first kappa shape index (κ1) is 16.8. The van der Waals surface area contributed by atoms with Crippen molar-refractivity contribution in [3.63, 3.8) is 0 Å². The van der Waals surface area contributed by atoms with E-state index in [4.69, 9.17) is 11.6 Å². The van der Waals surface area contributed by atoms with Crippen LogP contribution in [0.25, 0.3) is 0 Å². The lowest BCUT2D eigenvalue weighted by atomic mass is 9.49.